The average Bonchev–Trinajstić information content (AvgIpc) is 3.43. The van der Waals surface area contributed by atoms with Crippen molar-refractivity contribution < 1.29 is 4.79 Å². The van der Waals surface area contributed by atoms with Gasteiger partial charge in [0.15, 0.2) is 0 Å². The molecule has 4 rings (SSSR count). The number of rotatable bonds is 5. The lowest BCUT2D eigenvalue weighted by Gasteiger charge is -2.43. The zero-order valence-electron chi connectivity index (χ0n) is 14.8. The van der Waals surface area contributed by atoms with E-state index in [-0.39, 0.29) is 11.4 Å². The van der Waals surface area contributed by atoms with E-state index in [9.17, 15) is 4.79 Å². The van der Waals surface area contributed by atoms with E-state index in [0.717, 1.165) is 36.0 Å². The normalized spacial score (nSPS) is 17.7. The molecule has 2 aromatic rings. The molecule has 4 heteroatoms. The maximum absolute atomic E-state index is 11.9. The molecule has 0 spiro atoms. The number of hydrogen-bond acceptors (Lipinski definition) is 3. The molecule has 0 aliphatic heterocycles. The highest BCUT2D eigenvalue weighted by Gasteiger charge is 2.41. The third-order valence-electron chi connectivity index (χ3n) is 5.33. The van der Waals surface area contributed by atoms with E-state index in [2.05, 4.69) is 22.1 Å². The van der Waals surface area contributed by atoms with Crippen molar-refractivity contribution in [2.45, 2.75) is 50.1 Å². The van der Waals surface area contributed by atoms with Gasteiger partial charge in [-0.2, -0.15) is 0 Å². The Kier molecular flexibility index (Phi) is 4.48. The molecular weight excluding hydrogens is 322 g/mol. The van der Waals surface area contributed by atoms with Crippen molar-refractivity contribution in [3.8, 4) is 11.8 Å². The van der Waals surface area contributed by atoms with Crippen LogP contribution in [-0.4, -0.2) is 22.5 Å². The van der Waals surface area contributed by atoms with Crippen molar-refractivity contribution in [1.82, 2.24) is 10.3 Å². The molecule has 4 nitrogen and oxygen atoms in total. The van der Waals surface area contributed by atoms with Gasteiger partial charge in [0.1, 0.15) is 0 Å². The first kappa shape index (κ1) is 16.8. The number of carbonyl (C=O) groups is 1. The Balaban J connectivity index is 1.61. The molecule has 1 aromatic carbocycles. The van der Waals surface area contributed by atoms with Crippen LogP contribution in [0.3, 0.4) is 0 Å². The molecule has 2 saturated carbocycles. The average molecular weight is 345 g/mol. The fourth-order valence-corrected chi connectivity index (χ4v) is 3.64. The number of hydrogen-bond donors (Lipinski definition) is 2. The zero-order valence-corrected chi connectivity index (χ0v) is 14.8. The van der Waals surface area contributed by atoms with Gasteiger partial charge in [-0.25, -0.2) is 0 Å². The molecule has 2 aliphatic rings. The molecule has 0 bridgehead atoms. The highest BCUT2D eigenvalue weighted by Crippen LogP contribution is 2.39. The highest BCUT2D eigenvalue weighted by molar-refractivity contribution is 5.94. The van der Waals surface area contributed by atoms with Gasteiger partial charge in [0, 0.05) is 40.7 Å². The van der Waals surface area contributed by atoms with E-state index < -0.39 is 0 Å². The summed E-state index contributed by atoms with van der Waals surface area (Å²) in [4.78, 5) is 15.9. The Hall–Kier alpha value is -2.64. The number of nitrogens with one attached hydrogen (secondary N) is 1. The number of carbonyl (C=O) groups excluding carboxylic acids is 1. The molecule has 0 unspecified atom stereocenters. The standard InChI is InChI=1S/C22H23N3O/c23-21(26)20-7-4-17(3-2-16-8-12-24-13-9-16)14-18(20)15-22(10-1-11-22)25-19-5-6-19/h4,7-9,12-14,19,25H,1,5-6,10-11,15H2,(H2,23,26). The fourth-order valence-electron chi connectivity index (χ4n) is 3.64. The summed E-state index contributed by atoms with van der Waals surface area (Å²) in [5, 5.41) is 3.80. The summed E-state index contributed by atoms with van der Waals surface area (Å²) < 4.78 is 0. The van der Waals surface area contributed by atoms with Crippen molar-refractivity contribution in [3.63, 3.8) is 0 Å². The first-order chi connectivity index (χ1) is 12.6. The molecule has 26 heavy (non-hydrogen) atoms. The maximum atomic E-state index is 11.9. The molecule has 3 N–H and O–H groups in total. The van der Waals surface area contributed by atoms with Gasteiger partial charge in [0.05, 0.1) is 0 Å². The van der Waals surface area contributed by atoms with Crippen molar-refractivity contribution in [3.05, 3.63) is 65.0 Å². The van der Waals surface area contributed by atoms with Gasteiger partial charge in [0.2, 0.25) is 5.91 Å². The van der Waals surface area contributed by atoms with Crippen molar-refractivity contribution in [2.24, 2.45) is 5.73 Å². The van der Waals surface area contributed by atoms with E-state index in [1.165, 1.54) is 19.3 Å². The lowest BCUT2D eigenvalue weighted by Crippen LogP contribution is -2.53. The quantitative estimate of drug-likeness (QED) is 0.819. The van der Waals surface area contributed by atoms with Gasteiger partial charge < -0.3 is 11.1 Å². The van der Waals surface area contributed by atoms with Crippen LogP contribution in [0, 0.1) is 11.8 Å². The summed E-state index contributed by atoms with van der Waals surface area (Å²) in [7, 11) is 0. The molecule has 0 radical (unpaired) electrons. The summed E-state index contributed by atoms with van der Waals surface area (Å²) in [6.45, 7) is 0. The minimum atomic E-state index is -0.366. The van der Waals surface area contributed by atoms with Crippen LogP contribution in [0.1, 0.15) is 59.2 Å². The lowest BCUT2D eigenvalue weighted by molar-refractivity contribution is 0.0998. The molecule has 1 heterocycles. The minimum Gasteiger partial charge on any atom is -0.366 e. The van der Waals surface area contributed by atoms with E-state index in [4.69, 9.17) is 5.73 Å². The number of aromatic nitrogens is 1. The van der Waals surface area contributed by atoms with E-state index in [1.54, 1.807) is 12.4 Å². The second-order valence-electron chi connectivity index (χ2n) is 7.45. The van der Waals surface area contributed by atoms with Crippen LogP contribution < -0.4 is 11.1 Å². The molecular formula is C22H23N3O. The van der Waals surface area contributed by atoms with Gasteiger partial charge in [-0.15, -0.1) is 0 Å². The topological polar surface area (TPSA) is 68.0 Å². The number of nitrogens with zero attached hydrogens (tertiary/aromatic N) is 1. The third kappa shape index (κ3) is 3.79. The Morgan fingerprint density at radius 2 is 1.88 bits per heavy atom. The minimum absolute atomic E-state index is 0.127. The van der Waals surface area contributed by atoms with E-state index >= 15 is 0 Å². The first-order valence-electron chi connectivity index (χ1n) is 9.26. The SMILES string of the molecule is NC(=O)c1ccc(C#Cc2ccncc2)cc1CC1(NC2CC2)CCC1. The van der Waals surface area contributed by atoms with Gasteiger partial charge >= 0.3 is 0 Å². The van der Waals surface area contributed by atoms with Crippen LogP contribution in [-0.2, 0) is 6.42 Å². The lowest BCUT2D eigenvalue weighted by atomic mass is 9.72. The van der Waals surface area contributed by atoms with Crippen LogP contribution in [0.25, 0.3) is 0 Å². The molecule has 0 atom stereocenters. The molecule has 2 aliphatic carbocycles. The predicted molar refractivity (Wildman–Crippen MR) is 102 cm³/mol. The van der Waals surface area contributed by atoms with Crippen LogP contribution in [0.4, 0.5) is 0 Å². The summed E-state index contributed by atoms with van der Waals surface area (Å²) in [6, 6.07) is 10.1. The third-order valence-corrected chi connectivity index (χ3v) is 5.33. The largest absolute Gasteiger partial charge is 0.366 e. The highest BCUT2D eigenvalue weighted by atomic mass is 16.1. The maximum Gasteiger partial charge on any atom is 0.248 e. The first-order valence-corrected chi connectivity index (χ1v) is 9.26. The summed E-state index contributed by atoms with van der Waals surface area (Å²) >= 11 is 0. The molecule has 1 aromatic heterocycles. The molecule has 1 amide bonds. The Labute approximate surface area is 154 Å². The van der Waals surface area contributed by atoms with Crippen LogP contribution in [0.5, 0.6) is 0 Å². The summed E-state index contributed by atoms with van der Waals surface area (Å²) in [5.74, 6) is 5.97. The Morgan fingerprint density at radius 3 is 2.50 bits per heavy atom. The van der Waals surface area contributed by atoms with E-state index in [0.29, 0.717) is 11.6 Å². The number of benzene rings is 1. The number of nitrogens with two attached hydrogens (primary N) is 1. The van der Waals surface area contributed by atoms with Crippen LogP contribution >= 0.6 is 0 Å². The molecule has 2 fully saturated rings. The number of amides is 1. The molecule has 132 valence electrons. The predicted octanol–water partition coefficient (Wildman–Crippen LogP) is 2.80. The Morgan fingerprint density at radius 1 is 1.15 bits per heavy atom. The summed E-state index contributed by atoms with van der Waals surface area (Å²) in [6.07, 6.45) is 10.4. The van der Waals surface area contributed by atoms with Gasteiger partial charge in [-0.3, -0.25) is 9.78 Å². The second kappa shape index (κ2) is 6.93. The van der Waals surface area contributed by atoms with Crippen molar-refractivity contribution >= 4 is 5.91 Å². The number of pyridine rings is 1. The zero-order chi connectivity index (χ0) is 18.0. The van der Waals surface area contributed by atoms with Crippen LogP contribution in [0.15, 0.2) is 42.7 Å². The fraction of sp³-hybridized carbons (Fsp3) is 0.364. The van der Waals surface area contributed by atoms with Gasteiger partial charge in [-0.1, -0.05) is 11.8 Å². The second-order valence-corrected chi connectivity index (χ2v) is 7.45. The monoisotopic (exact) mass is 345 g/mol. The van der Waals surface area contributed by atoms with Gasteiger partial charge in [0.25, 0.3) is 0 Å². The smallest absolute Gasteiger partial charge is 0.248 e. The van der Waals surface area contributed by atoms with E-state index in [1.807, 2.05) is 30.3 Å². The van der Waals surface area contributed by atoms with Gasteiger partial charge in [-0.05, 0) is 74.4 Å². The molecule has 0 saturated heterocycles. The number of primary amides is 1. The van der Waals surface area contributed by atoms with Crippen LogP contribution in [0.2, 0.25) is 0 Å². The van der Waals surface area contributed by atoms with Crippen molar-refractivity contribution in [1.29, 1.82) is 0 Å². The Bertz CT molecular complexity index is 871. The van der Waals surface area contributed by atoms with Crippen molar-refractivity contribution in [2.75, 3.05) is 0 Å². The summed E-state index contributed by atoms with van der Waals surface area (Å²) in [5.41, 5.74) is 9.20.